The quantitative estimate of drug-likeness (QED) is 0.748. The summed E-state index contributed by atoms with van der Waals surface area (Å²) in [7, 11) is -3.58. The largest absolute Gasteiger partial charge is 0.490 e. The molecule has 1 aromatic carbocycles. The number of nitrogens with zero attached hydrogens (tertiary/aromatic N) is 3. The van der Waals surface area contributed by atoms with Gasteiger partial charge in [-0.05, 0) is 84.6 Å². The lowest BCUT2D eigenvalue weighted by molar-refractivity contribution is 0.135. The zero-order chi connectivity index (χ0) is 21.6. The summed E-state index contributed by atoms with van der Waals surface area (Å²) in [6.45, 7) is 14.8. The van der Waals surface area contributed by atoms with E-state index >= 15 is 0 Å². The molecule has 3 rings (SSSR count). The smallest absolute Gasteiger partial charge is 0.246 e. The van der Waals surface area contributed by atoms with Crippen LogP contribution in [0.15, 0.2) is 23.1 Å². The molecule has 0 saturated carbocycles. The van der Waals surface area contributed by atoms with Gasteiger partial charge < -0.3 is 4.74 Å². The standard InChI is InChI=1S/C22H33N3O3S/c1-15-8-9-20(14-16(15)2)28-19-10-12-24(13-11-19)29(26,27)21-17(3)23-25(18(21)4)22(5,6)7/h8-9,14,19H,10-13H2,1-7H3. The van der Waals surface area contributed by atoms with E-state index in [1.807, 2.05) is 44.5 Å². The zero-order valence-electron chi connectivity index (χ0n) is 18.6. The number of hydrogen-bond donors (Lipinski definition) is 0. The Balaban J connectivity index is 1.73. The molecule has 0 unspecified atom stereocenters. The van der Waals surface area contributed by atoms with Gasteiger partial charge in [0.05, 0.1) is 16.9 Å². The second-order valence-electron chi connectivity index (χ2n) is 9.05. The van der Waals surface area contributed by atoms with E-state index in [0.717, 1.165) is 5.75 Å². The van der Waals surface area contributed by atoms with Gasteiger partial charge in [0, 0.05) is 13.1 Å². The predicted octanol–water partition coefficient (Wildman–Crippen LogP) is 4.10. The summed E-state index contributed by atoms with van der Waals surface area (Å²) in [6, 6.07) is 6.09. The van der Waals surface area contributed by atoms with E-state index in [0.29, 0.717) is 42.2 Å². The highest BCUT2D eigenvalue weighted by Gasteiger charge is 2.35. The summed E-state index contributed by atoms with van der Waals surface area (Å²) in [5.74, 6) is 0.854. The molecule has 1 saturated heterocycles. The van der Waals surface area contributed by atoms with E-state index in [4.69, 9.17) is 4.74 Å². The number of ether oxygens (including phenoxy) is 1. The molecule has 0 amide bonds. The van der Waals surface area contributed by atoms with Gasteiger partial charge in [-0.15, -0.1) is 0 Å². The lowest BCUT2D eigenvalue weighted by Crippen LogP contribution is -2.42. The number of aromatic nitrogens is 2. The minimum absolute atomic E-state index is 0.0306. The average molecular weight is 420 g/mol. The van der Waals surface area contributed by atoms with E-state index < -0.39 is 10.0 Å². The van der Waals surface area contributed by atoms with Crippen LogP contribution in [0.3, 0.4) is 0 Å². The molecule has 0 N–H and O–H groups in total. The Bertz CT molecular complexity index is 995. The number of piperidine rings is 1. The lowest BCUT2D eigenvalue weighted by atomic mass is 10.1. The molecule has 1 fully saturated rings. The highest BCUT2D eigenvalue weighted by molar-refractivity contribution is 7.89. The number of rotatable bonds is 4. The van der Waals surface area contributed by atoms with Gasteiger partial charge in [-0.2, -0.15) is 9.40 Å². The first kappa shape index (κ1) is 21.8. The zero-order valence-corrected chi connectivity index (χ0v) is 19.4. The molecular weight excluding hydrogens is 386 g/mol. The molecule has 1 aromatic heterocycles. The fourth-order valence-electron chi connectivity index (χ4n) is 3.95. The summed E-state index contributed by atoms with van der Waals surface area (Å²) in [5.41, 5.74) is 3.42. The molecule has 0 bridgehead atoms. The molecule has 0 atom stereocenters. The molecule has 160 valence electrons. The summed E-state index contributed by atoms with van der Waals surface area (Å²) in [4.78, 5) is 0.348. The lowest BCUT2D eigenvalue weighted by Gasteiger charge is -2.31. The maximum absolute atomic E-state index is 13.3. The first-order chi connectivity index (χ1) is 13.4. The Kier molecular flexibility index (Phi) is 5.84. The van der Waals surface area contributed by atoms with Crippen LogP contribution in [-0.2, 0) is 15.6 Å². The Morgan fingerprint density at radius 1 is 1.03 bits per heavy atom. The van der Waals surface area contributed by atoms with Crippen molar-refractivity contribution >= 4 is 10.0 Å². The molecule has 0 spiro atoms. The van der Waals surface area contributed by atoms with E-state index in [1.54, 1.807) is 11.2 Å². The monoisotopic (exact) mass is 419 g/mol. The molecule has 2 aromatic rings. The van der Waals surface area contributed by atoms with Crippen LogP contribution in [-0.4, -0.2) is 41.7 Å². The molecule has 7 heteroatoms. The molecule has 2 heterocycles. The van der Waals surface area contributed by atoms with Gasteiger partial charge in [0.15, 0.2) is 0 Å². The van der Waals surface area contributed by atoms with Crippen LogP contribution >= 0.6 is 0 Å². The van der Waals surface area contributed by atoms with Crippen LogP contribution in [0.2, 0.25) is 0 Å². The molecule has 1 aliphatic rings. The van der Waals surface area contributed by atoms with Crippen molar-refractivity contribution in [3.05, 3.63) is 40.7 Å². The van der Waals surface area contributed by atoms with Crippen molar-refractivity contribution < 1.29 is 13.2 Å². The average Bonchev–Trinajstić information content (AvgIpc) is 2.94. The number of benzene rings is 1. The summed E-state index contributed by atoms with van der Waals surface area (Å²) in [5, 5.41) is 4.51. The van der Waals surface area contributed by atoms with Crippen molar-refractivity contribution in [1.82, 2.24) is 14.1 Å². The third kappa shape index (κ3) is 4.36. The van der Waals surface area contributed by atoms with Crippen LogP contribution in [0.1, 0.15) is 56.1 Å². The molecule has 1 aliphatic heterocycles. The Morgan fingerprint density at radius 3 is 2.17 bits per heavy atom. The van der Waals surface area contributed by atoms with Gasteiger partial charge >= 0.3 is 0 Å². The van der Waals surface area contributed by atoms with Crippen LogP contribution in [0.4, 0.5) is 0 Å². The molecular formula is C22H33N3O3S. The fourth-order valence-corrected chi connectivity index (χ4v) is 5.78. The van der Waals surface area contributed by atoms with Crippen molar-refractivity contribution in [3.8, 4) is 5.75 Å². The normalized spacial score (nSPS) is 16.9. The Morgan fingerprint density at radius 2 is 1.66 bits per heavy atom. The van der Waals surface area contributed by atoms with E-state index in [2.05, 4.69) is 25.0 Å². The highest BCUT2D eigenvalue weighted by atomic mass is 32.2. The van der Waals surface area contributed by atoms with Gasteiger partial charge in [-0.3, -0.25) is 4.68 Å². The maximum Gasteiger partial charge on any atom is 0.246 e. The maximum atomic E-state index is 13.3. The fraction of sp³-hybridized carbons (Fsp3) is 0.591. The number of aryl methyl sites for hydroxylation is 3. The minimum Gasteiger partial charge on any atom is -0.490 e. The highest BCUT2D eigenvalue weighted by Crippen LogP contribution is 2.30. The first-order valence-electron chi connectivity index (χ1n) is 10.2. The van der Waals surface area contributed by atoms with Crippen molar-refractivity contribution in [3.63, 3.8) is 0 Å². The van der Waals surface area contributed by atoms with E-state index in [-0.39, 0.29) is 11.6 Å². The van der Waals surface area contributed by atoms with Crippen molar-refractivity contribution in [2.24, 2.45) is 0 Å². The third-order valence-electron chi connectivity index (χ3n) is 5.64. The molecule has 0 aliphatic carbocycles. The topological polar surface area (TPSA) is 64.4 Å². The number of hydrogen-bond acceptors (Lipinski definition) is 4. The van der Waals surface area contributed by atoms with Crippen LogP contribution in [0.25, 0.3) is 0 Å². The Hall–Kier alpha value is -1.86. The predicted molar refractivity (Wildman–Crippen MR) is 115 cm³/mol. The van der Waals surface area contributed by atoms with Gasteiger partial charge in [0.2, 0.25) is 10.0 Å². The Labute approximate surface area is 174 Å². The van der Waals surface area contributed by atoms with E-state index in [9.17, 15) is 8.42 Å². The van der Waals surface area contributed by atoms with Crippen molar-refractivity contribution in [1.29, 1.82) is 0 Å². The van der Waals surface area contributed by atoms with Crippen LogP contribution < -0.4 is 4.74 Å². The third-order valence-corrected chi connectivity index (χ3v) is 7.79. The number of sulfonamides is 1. The van der Waals surface area contributed by atoms with Gasteiger partial charge in [-0.1, -0.05) is 6.07 Å². The SMILES string of the molecule is Cc1ccc(OC2CCN(S(=O)(=O)c3c(C)nn(C(C)(C)C)c3C)CC2)cc1C. The second kappa shape index (κ2) is 7.76. The second-order valence-corrected chi connectivity index (χ2v) is 10.9. The molecule has 6 nitrogen and oxygen atoms in total. The van der Waals surface area contributed by atoms with Gasteiger partial charge in [0.25, 0.3) is 0 Å². The van der Waals surface area contributed by atoms with Crippen LogP contribution in [0.5, 0.6) is 5.75 Å². The van der Waals surface area contributed by atoms with Crippen molar-refractivity contribution in [2.45, 2.75) is 77.8 Å². The first-order valence-corrected chi connectivity index (χ1v) is 11.7. The molecule has 29 heavy (non-hydrogen) atoms. The van der Waals surface area contributed by atoms with Gasteiger partial charge in [0.1, 0.15) is 16.7 Å². The van der Waals surface area contributed by atoms with E-state index in [1.165, 1.54) is 11.1 Å². The van der Waals surface area contributed by atoms with Crippen LogP contribution in [0, 0.1) is 27.7 Å². The molecule has 0 radical (unpaired) electrons. The summed E-state index contributed by atoms with van der Waals surface area (Å²) in [6.07, 6.45) is 1.39. The summed E-state index contributed by atoms with van der Waals surface area (Å²) >= 11 is 0. The minimum atomic E-state index is -3.58. The van der Waals surface area contributed by atoms with Gasteiger partial charge in [-0.25, -0.2) is 8.42 Å². The van der Waals surface area contributed by atoms with Crippen molar-refractivity contribution in [2.75, 3.05) is 13.1 Å². The summed E-state index contributed by atoms with van der Waals surface area (Å²) < 4.78 is 36.2.